The van der Waals surface area contributed by atoms with Crippen LogP contribution in [0.2, 0.25) is 0 Å². The van der Waals surface area contributed by atoms with E-state index in [1.54, 1.807) is 0 Å². The first-order chi connectivity index (χ1) is 12.7. The third-order valence-electron chi connectivity index (χ3n) is 4.27. The van der Waals surface area contributed by atoms with Crippen molar-refractivity contribution in [1.82, 2.24) is 24.4 Å². The minimum absolute atomic E-state index is 0.0505. The van der Waals surface area contributed by atoms with Crippen molar-refractivity contribution in [3.05, 3.63) is 26.7 Å². The standard InChI is InChI=1S/C19H31N5O3/c1-6-7-10-23-17-16(18(26)22-19(23)27)24(11-12(2)3)14(21-17)8-9-15(25)20-13(4)5/h12-13H,6-11H2,1-5H3,(H,20,25)(H,22,26,27). The second-order valence-corrected chi connectivity index (χ2v) is 7.69. The van der Waals surface area contributed by atoms with Gasteiger partial charge in [0, 0.05) is 32.0 Å². The molecule has 0 bridgehead atoms. The zero-order chi connectivity index (χ0) is 20.1. The van der Waals surface area contributed by atoms with Crippen LogP contribution >= 0.6 is 0 Å². The van der Waals surface area contributed by atoms with Crippen LogP contribution in [-0.2, 0) is 24.3 Å². The molecule has 0 spiro atoms. The van der Waals surface area contributed by atoms with E-state index in [1.807, 2.05) is 25.3 Å². The number of fused-ring (bicyclic) bond motifs is 1. The smallest absolute Gasteiger partial charge is 0.330 e. The van der Waals surface area contributed by atoms with Crippen molar-refractivity contribution < 1.29 is 4.79 Å². The number of nitrogens with one attached hydrogen (secondary N) is 2. The Bertz CT molecular complexity index is 904. The molecule has 1 amide bonds. The summed E-state index contributed by atoms with van der Waals surface area (Å²) in [5.41, 5.74) is -0.0242. The summed E-state index contributed by atoms with van der Waals surface area (Å²) in [6.45, 7) is 11.1. The first kappa shape index (κ1) is 20.9. The Morgan fingerprint density at radius 3 is 2.48 bits per heavy atom. The average Bonchev–Trinajstić information content (AvgIpc) is 2.90. The molecule has 0 aliphatic rings. The molecule has 0 fully saturated rings. The third kappa shape index (κ3) is 5.08. The maximum Gasteiger partial charge on any atom is 0.330 e. The second-order valence-electron chi connectivity index (χ2n) is 7.69. The van der Waals surface area contributed by atoms with E-state index in [4.69, 9.17) is 0 Å². The van der Waals surface area contributed by atoms with Gasteiger partial charge in [-0.2, -0.15) is 0 Å². The highest BCUT2D eigenvalue weighted by atomic mass is 16.2. The average molecular weight is 377 g/mol. The molecule has 0 aliphatic carbocycles. The lowest BCUT2D eigenvalue weighted by atomic mass is 10.2. The first-order valence-electron chi connectivity index (χ1n) is 9.76. The zero-order valence-corrected chi connectivity index (χ0v) is 17.0. The topological polar surface area (TPSA) is 102 Å². The molecule has 0 radical (unpaired) electrons. The fraction of sp³-hybridized carbons (Fsp3) is 0.684. The van der Waals surface area contributed by atoms with E-state index in [9.17, 15) is 14.4 Å². The highest BCUT2D eigenvalue weighted by molar-refractivity contribution is 5.76. The molecule has 2 rings (SSSR count). The number of rotatable bonds is 9. The van der Waals surface area contributed by atoms with Gasteiger partial charge in [-0.15, -0.1) is 0 Å². The molecule has 0 aromatic carbocycles. The first-order valence-corrected chi connectivity index (χ1v) is 9.76. The van der Waals surface area contributed by atoms with Crippen LogP contribution in [0.1, 0.15) is 59.7 Å². The molecule has 8 heteroatoms. The fourth-order valence-corrected chi connectivity index (χ4v) is 3.11. The summed E-state index contributed by atoms with van der Waals surface area (Å²) in [5, 5.41) is 2.87. The molecule has 2 heterocycles. The minimum atomic E-state index is -0.431. The number of carbonyl (C=O) groups excluding carboxylic acids is 1. The van der Waals surface area contributed by atoms with E-state index < -0.39 is 11.2 Å². The molecule has 0 atom stereocenters. The summed E-state index contributed by atoms with van der Waals surface area (Å²) in [6, 6.07) is 0.0778. The number of imidazole rings is 1. The minimum Gasteiger partial charge on any atom is -0.354 e. The molecule has 0 saturated heterocycles. The summed E-state index contributed by atoms with van der Waals surface area (Å²) in [4.78, 5) is 43.9. The second kappa shape index (κ2) is 9.01. The number of amides is 1. The van der Waals surface area contributed by atoms with Gasteiger partial charge in [0.2, 0.25) is 5.91 Å². The molecular formula is C19H31N5O3. The van der Waals surface area contributed by atoms with Gasteiger partial charge in [0.05, 0.1) is 0 Å². The number of hydrogen-bond donors (Lipinski definition) is 2. The van der Waals surface area contributed by atoms with Crippen molar-refractivity contribution in [2.24, 2.45) is 5.92 Å². The molecule has 2 N–H and O–H groups in total. The highest BCUT2D eigenvalue weighted by Gasteiger charge is 2.19. The zero-order valence-electron chi connectivity index (χ0n) is 17.0. The highest BCUT2D eigenvalue weighted by Crippen LogP contribution is 2.16. The maximum absolute atomic E-state index is 12.5. The monoisotopic (exact) mass is 377 g/mol. The molecular weight excluding hydrogens is 346 g/mol. The molecule has 2 aromatic heterocycles. The Labute approximate surface area is 159 Å². The van der Waals surface area contributed by atoms with Crippen LogP contribution in [0, 0.1) is 5.92 Å². The number of nitrogens with zero attached hydrogens (tertiary/aromatic N) is 3. The van der Waals surface area contributed by atoms with Gasteiger partial charge < -0.3 is 9.88 Å². The molecule has 0 saturated carbocycles. The molecule has 0 unspecified atom stereocenters. The van der Waals surface area contributed by atoms with Crippen molar-refractivity contribution in [2.45, 2.75) is 79.4 Å². The summed E-state index contributed by atoms with van der Waals surface area (Å²) >= 11 is 0. The van der Waals surface area contributed by atoms with Gasteiger partial charge in [0.15, 0.2) is 11.2 Å². The number of aromatic nitrogens is 4. The number of H-pyrrole nitrogens is 1. The molecule has 150 valence electrons. The van der Waals surface area contributed by atoms with Crippen LogP contribution in [0.4, 0.5) is 0 Å². The van der Waals surface area contributed by atoms with Gasteiger partial charge in [-0.05, 0) is 26.2 Å². The predicted octanol–water partition coefficient (Wildman–Crippen LogP) is 1.80. The Kier molecular flexibility index (Phi) is 6.98. The van der Waals surface area contributed by atoms with Crippen LogP contribution in [0.5, 0.6) is 0 Å². The Hall–Kier alpha value is -2.38. The lowest BCUT2D eigenvalue weighted by molar-refractivity contribution is -0.121. The van der Waals surface area contributed by atoms with Crippen molar-refractivity contribution >= 4 is 17.1 Å². The molecule has 27 heavy (non-hydrogen) atoms. The summed E-state index contributed by atoms with van der Waals surface area (Å²) in [7, 11) is 0. The van der Waals surface area contributed by atoms with Gasteiger partial charge in [-0.25, -0.2) is 9.78 Å². The molecule has 0 aliphatic heterocycles. The normalized spacial score (nSPS) is 11.7. The van der Waals surface area contributed by atoms with E-state index in [2.05, 4.69) is 29.1 Å². The number of aromatic amines is 1. The Morgan fingerprint density at radius 2 is 1.89 bits per heavy atom. The lowest BCUT2D eigenvalue weighted by Crippen LogP contribution is -2.31. The fourth-order valence-electron chi connectivity index (χ4n) is 3.11. The van der Waals surface area contributed by atoms with Crippen molar-refractivity contribution in [3.8, 4) is 0 Å². The Morgan fingerprint density at radius 1 is 1.19 bits per heavy atom. The van der Waals surface area contributed by atoms with E-state index in [1.165, 1.54) is 4.57 Å². The number of aryl methyl sites for hydroxylation is 2. The quantitative estimate of drug-likeness (QED) is 0.695. The van der Waals surface area contributed by atoms with Crippen LogP contribution in [0.15, 0.2) is 9.59 Å². The summed E-state index contributed by atoms with van der Waals surface area (Å²) < 4.78 is 3.40. The van der Waals surface area contributed by atoms with Crippen molar-refractivity contribution in [3.63, 3.8) is 0 Å². The van der Waals surface area contributed by atoms with Crippen molar-refractivity contribution in [2.75, 3.05) is 0 Å². The SMILES string of the molecule is CCCCn1c(=O)[nH]c(=O)c2c1nc(CCC(=O)NC(C)C)n2CC(C)C. The predicted molar refractivity (Wildman–Crippen MR) is 106 cm³/mol. The number of carbonyl (C=O) groups is 1. The molecule has 2 aromatic rings. The molecule has 8 nitrogen and oxygen atoms in total. The Balaban J connectivity index is 2.51. The van der Waals surface area contributed by atoms with E-state index in [0.717, 1.165) is 12.8 Å². The maximum atomic E-state index is 12.5. The van der Waals surface area contributed by atoms with Crippen LogP contribution in [0.25, 0.3) is 11.2 Å². The van der Waals surface area contributed by atoms with Crippen LogP contribution < -0.4 is 16.6 Å². The van der Waals surface area contributed by atoms with Crippen LogP contribution in [-0.4, -0.2) is 31.1 Å². The van der Waals surface area contributed by atoms with Gasteiger partial charge in [-0.3, -0.25) is 19.1 Å². The van der Waals surface area contributed by atoms with Gasteiger partial charge >= 0.3 is 5.69 Å². The summed E-state index contributed by atoms with van der Waals surface area (Å²) in [5.74, 6) is 0.908. The largest absolute Gasteiger partial charge is 0.354 e. The van der Waals surface area contributed by atoms with Gasteiger partial charge in [-0.1, -0.05) is 27.2 Å². The van der Waals surface area contributed by atoms with Crippen molar-refractivity contribution in [1.29, 1.82) is 0 Å². The van der Waals surface area contributed by atoms with E-state index >= 15 is 0 Å². The van der Waals surface area contributed by atoms with Crippen LogP contribution in [0.3, 0.4) is 0 Å². The third-order valence-corrected chi connectivity index (χ3v) is 4.27. The van der Waals surface area contributed by atoms with Gasteiger partial charge in [0.25, 0.3) is 5.56 Å². The van der Waals surface area contributed by atoms with Gasteiger partial charge in [0.1, 0.15) is 5.82 Å². The number of unbranched alkanes of at least 4 members (excludes halogenated alkanes) is 1. The van der Waals surface area contributed by atoms with E-state index in [-0.39, 0.29) is 18.4 Å². The summed E-state index contributed by atoms with van der Waals surface area (Å²) in [6.07, 6.45) is 2.46. The van der Waals surface area contributed by atoms with E-state index in [0.29, 0.717) is 42.4 Å². The number of hydrogen-bond acceptors (Lipinski definition) is 4. The lowest BCUT2D eigenvalue weighted by Gasteiger charge is -2.12.